The van der Waals surface area contributed by atoms with Crippen LogP contribution in [0.25, 0.3) is 0 Å². The molecule has 0 aliphatic heterocycles. The molecule has 0 radical (unpaired) electrons. The summed E-state index contributed by atoms with van der Waals surface area (Å²) in [6.07, 6.45) is -0.0866. The van der Waals surface area contributed by atoms with Crippen molar-refractivity contribution in [2.45, 2.75) is 19.4 Å². The Morgan fingerprint density at radius 1 is 1.09 bits per heavy atom. The molecule has 23 heavy (non-hydrogen) atoms. The highest BCUT2D eigenvalue weighted by atomic mass is 16.5. The molecule has 2 rings (SSSR count). The van der Waals surface area contributed by atoms with E-state index in [1.807, 2.05) is 25.1 Å². The summed E-state index contributed by atoms with van der Waals surface area (Å²) in [6, 6.07) is 15.8. The smallest absolute Gasteiger partial charge is 0.337 e. The molecule has 1 amide bonds. The molecule has 1 N–H and O–H groups in total. The van der Waals surface area contributed by atoms with Crippen LogP contribution in [0.2, 0.25) is 0 Å². The fourth-order valence-electron chi connectivity index (χ4n) is 2.05. The van der Waals surface area contributed by atoms with Gasteiger partial charge in [-0.3, -0.25) is 4.79 Å². The molecule has 0 spiro atoms. The molecule has 0 saturated heterocycles. The van der Waals surface area contributed by atoms with Crippen LogP contribution in [0.3, 0.4) is 0 Å². The fourth-order valence-corrected chi connectivity index (χ4v) is 2.05. The number of benzene rings is 2. The van der Waals surface area contributed by atoms with Gasteiger partial charge >= 0.3 is 5.97 Å². The lowest BCUT2D eigenvalue weighted by molar-refractivity contribution is -0.122. The minimum Gasteiger partial charge on any atom is -0.481 e. The van der Waals surface area contributed by atoms with Gasteiger partial charge in [-0.1, -0.05) is 31.2 Å². The van der Waals surface area contributed by atoms with Crippen LogP contribution in [0, 0.1) is 0 Å². The van der Waals surface area contributed by atoms with Crippen LogP contribution in [0.15, 0.2) is 54.6 Å². The second-order valence-electron chi connectivity index (χ2n) is 4.89. The number of carbonyl (C=O) groups excluding carboxylic acids is 2. The number of para-hydroxylation sites is 1. The summed E-state index contributed by atoms with van der Waals surface area (Å²) in [5.74, 6) is -0.0788. The van der Waals surface area contributed by atoms with Gasteiger partial charge in [0.15, 0.2) is 6.10 Å². The van der Waals surface area contributed by atoms with Gasteiger partial charge in [0.2, 0.25) is 0 Å². The van der Waals surface area contributed by atoms with Crippen LogP contribution < -0.4 is 10.1 Å². The van der Waals surface area contributed by atoms with Gasteiger partial charge in [-0.25, -0.2) is 4.79 Å². The van der Waals surface area contributed by atoms with Crippen LogP contribution in [-0.4, -0.2) is 25.1 Å². The maximum absolute atomic E-state index is 12.3. The molecule has 120 valence electrons. The Kier molecular flexibility index (Phi) is 5.74. The third-order valence-corrected chi connectivity index (χ3v) is 3.24. The maximum Gasteiger partial charge on any atom is 0.337 e. The molecule has 0 aliphatic rings. The van der Waals surface area contributed by atoms with Crippen LogP contribution in [0.1, 0.15) is 23.7 Å². The number of methoxy groups -OCH3 is 1. The summed E-state index contributed by atoms with van der Waals surface area (Å²) in [5, 5.41) is 2.76. The third-order valence-electron chi connectivity index (χ3n) is 3.24. The summed E-state index contributed by atoms with van der Waals surface area (Å²) < 4.78 is 10.4. The first-order valence-electron chi connectivity index (χ1n) is 7.35. The SMILES string of the molecule is CC[C@@H](Oc1ccccc1)C(=O)Nc1cccc(C(=O)OC)c1. The van der Waals surface area contributed by atoms with E-state index in [1.54, 1.807) is 36.4 Å². The van der Waals surface area contributed by atoms with Crippen molar-refractivity contribution in [1.82, 2.24) is 0 Å². The number of hydrogen-bond donors (Lipinski definition) is 1. The van der Waals surface area contributed by atoms with E-state index in [1.165, 1.54) is 7.11 Å². The predicted molar refractivity (Wildman–Crippen MR) is 87.6 cm³/mol. The zero-order chi connectivity index (χ0) is 16.7. The van der Waals surface area contributed by atoms with Gasteiger partial charge < -0.3 is 14.8 Å². The van der Waals surface area contributed by atoms with Crippen molar-refractivity contribution < 1.29 is 19.1 Å². The van der Waals surface area contributed by atoms with Crippen molar-refractivity contribution in [3.8, 4) is 5.75 Å². The zero-order valence-electron chi connectivity index (χ0n) is 13.1. The van der Waals surface area contributed by atoms with Crippen LogP contribution in [0.4, 0.5) is 5.69 Å². The first kappa shape index (κ1) is 16.5. The molecule has 2 aromatic rings. The molecule has 2 aromatic carbocycles. The number of anilines is 1. The molecular weight excluding hydrogens is 294 g/mol. The highest BCUT2D eigenvalue weighted by Gasteiger charge is 2.19. The lowest BCUT2D eigenvalue weighted by atomic mass is 10.2. The van der Waals surface area contributed by atoms with E-state index in [-0.39, 0.29) is 5.91 Å². The third kappa shape index (κ3) is 4.57. The van der Waals surface area contributed by atoms with Crippen molar-refractivity contribution in [3.63, 3.8) is 0 Å². The second-order valence-corrected chi connectivity index (χ2v) is 4.89. The molecule has 0 heterocycles. The van der Waals surface area contributed by atoms with Gasteiger partial charge in [0.05, 0.1) is 12.7 Å². The quantitative estimate of drug-likeness (QED) is 0.831. The zero-order valence-corrected chi connectivity index (χ0v) is 13.1. The minimum absolute atomic E-state index is 0.265. The van der Waals surface area contributed by atoms with Crippen molar-refractivity contribution in [3.05, 3.63) is 60.2 Å². The van der Waals surface area contributed by atoms with E-state index in [4.69, 9.17) is 4.74 Å². The van der Waals surface area contributed by atoms with E-state index < -0.39 is 12.1 Å². The Labute approximate surface area is 135 Å². The van der Waals surface area contributed by atoms with Gasteiger partial charge in [-0.15, -0.1) is 0 Å². The average molecular weight is 313 g/mol. The highest BCUT2D eigenvalue weighted by molar-refractivity contribution is 5.96. The van der Waals surface area contributed by atoms with Crippen LogP contribution in [-0.2, 0) is 9.53 Å². The van der Waals surface area contributed by atoms with Crippen molar-refractivity contribution in [2.75, 3.05) is 12.4 Å². The molecule has 0 unspecified atom stereocenters. The predicted octanol–water partition coefficient (Wildman–Crippen LogP) is 3.27. The Morgan fingerprint density at radius 3 is 2.48 bits per heavy atom. The first-order chi connectivity index (χ1) is 11.1. The molecule has 0 bridgehead atoms. The summed E-state index contributed by atoms with van der Waals surface area (Å²) in [7, 11) is 1.31. The van der Waals surface area contributed by atoms with E-state index in [0.717, 1.165) is 0 Å². The average Bonchev–Trinajstić information content (AvgIpc) is 2.60. The van der Waals surface area contributed by atoms with E-state index in [9.17, 15) is 9.59 Å². The normalized spacial score (nSPS) is 11.4. The lowest BCUT2D eigenvalue weighted by Gasteiger charge is -2.17. The maximum atomic E-state index is 12.3. The molecule has 0 saturated carbocycles. The lowest BCUT2D eigenvalue weighted by Crippen LogP contribution is -2.32. The minimum atomic E-state index is -0.612. The molecule has 0 fully saturated rings. The topological polar surface area (TPSA) is 64.6 Å². The van der Waals surface area contributed by atoms with Gasteiger partial charge in [-0.05, 0) is 36.8 Å². The molecular formula is C18H19NO4. The summed E-state index contributed by atoms with van der Waals surface area (Å²) >= 11 is 0. The van der Waals surface area contributed by atoms with Crippen molar-refractivity contribution in [1.29, 1.82) is 0 Å². The number of esters is 1. The molecule has 0 aliphatic carbocycles. The number of hydrogen-bond acceptors (Lipinski definition) is 4. The summed E-state index contributed by atoms with van der Waals surface area (Å²) in [6.45, 7) is 1.87. The Hall–Kier alpha value is -2.82. The van der Waals surface area contributed by atoms with Crippen molar-refractivity contribution in [2.24, 2.45) is 0 Å². The van der Waals surface area contributed by atoms with Gasteiger partial charge in [-0.2, -0.15) is 0 Å². The van der Waals surface area contributed by atoms with E-state index in [2.05, 4.69) is 10.1 Å². The molecule has 5 nitrogen and oxygen atoms in total. The van der Waals surface area contributed by atoms with E-state index >= 15 is 0 Å². The second kappa shape index (κ2) is 7.98. The Bertz CT molecular complexity index is 670. The summed E-state index contributed by atoms with van der Waals surface area (Å²) in [5.41, 5.74) is 0.898. The monoisotopic (exact) mass is 313 g/mol. The summed E-state index contributed by atoms with van der Waals surface area (Å²) in [4.78, 5) is 23.9. The molecule has 1 atom stereocenters. The molecule has 5 heteroatoms. The molecule has 0 aromatic heterocycles. The van der Waals surface area contributed by atoms with Crippen LogP contribution in [0.5, 0.6) is 5.75 Å². The van der Waals surface area contributed by atoms with Crippen molar-refractivity contribution >= 4 is 17.6 Å². The number of rotatable bonds is 6. The fraction of sp³-hybridized carbons (Fsp3) is 0.222. The van der Waals surface area contributed by atoms with Gasteiger partial charge in [0.1, 0.15) is 5.75 Å². The number of nitrogens with one attached hydrogen (secondary N) is 1. The Morgan fingerprint density at radius 2 is 1.83 bits per heavy atom. The van der Waals surface area contributed by atoms with E-state index in [0.29, 0.717) is 23.4 Å². The number of amides is 1. The number of ether oxygens (including phenoxy) is 2. The largest absolute Gasteiger partial charge is 0.481 e. The van der Waals surface area contributed by atoms with Gasteiger partial charge in [0, 0.05) is 5.69 Å². The van der Waals surface area contributed by atoms with Gasteiger partial charge in [0.25, 0.3) is 5.91 Å². The Balaban J connectivity index is 2.06. The standard InChI is InChI=1S/C18H19NO4/c1-3-16(23-15-10-5-4-6-11-15)17(20)19-14-9-7-8-13(12-14)18(21)22-2/h4-12,16H,3H2,1-2H3,(H,19,20)/t16-/m1/s1. The highest BCUT2D eigenvalue weighted by Crippen LogP contribution is 2.16. The first-order valence-corrected chi connectivity index (χ1v) is 7.35. The number of carbonyl (C=O) groups is 2. The van der Waals surface area contributed by atoms with Crippen LogP contribution >= 0.6 is 0 Å².